The lowest BCUT2D eigenvalue weighted by molar-refractivity contribution is -0.137. The first kappa shape index (κ1) is 25.5. The highest BCUT2D eigenvalue weighted by Gasteiger charge is 2.31. The number of ether oxygens (including phenoxy) is 2. The summed E-state index contributed by atoms with van der Waals surface area (Å²) in [5.41, 5.74) is 0.694. The summed E-state index contributed by atoms with van der Waals surface area (Å²) in [6, 6.07) is 3.50. The summed E-state index contributed by atoms with van der Waals surface area (Å²) in [5.74, 6) is -0.370. The van der Waals surface area contributed by atoms with Gasteiger partial charge < -0.3 is 19.5 Å². The average molecular weight is 557 g/mol. The first-order valence-electron chi connectivity index (χ1n) is 10.6. The predicted octanol–water partition coefficient (Wildman–Crippen LogP) is 3.92. The van der Waals surface area contributed by atoms with Crippen molar-refractivity contribution in [2.24, 2.45) is 0 Å². The van der Waals surface area contributed by atoms with Crippen LogP contribution in [0.4, 0.5) is 0 Å². The van der Waals surface area contributed by atoms with E-state index in [-0.39, 0.29) is 31.4 Å². The molecule has 0 bridgehead atoms. The third-order valence-electron chi connectivity index (χ3n) is 5.24. The Morgan fingerprint density at radius 1 is 1.27 bits per heavy atom. The van der Waals surface area contributed by atoms with Crippen molar-refractivity contribution in [3.8, 4) is 11.5 Å². The van der Waals surface area contributed by atoms with E-state index < -0.39 is 5.97 Å². The molecule has 2 amide bonds. The Morgan fingerprint density at radius 3 is 2.67 bits per heavy atom. The molecule has 2 aliphatic heterocycles. The number of nitrogens with zero attached hydrogens (tertiary/aromatic N) is 2. The normalized spacial score (nSPS) is 17.6. The number of hydrogen-bond donors (Lipinski definition) is 1. The first-order chi connectivity index (χ1) is 15.8. The molecule has 2 aliphatic rings. The monoisotopic (exact) mass is 556 g/mol. The number of rotatable bonds is 9. The fraction of sp³-hybridized carbons (Fsp3) is 0.455. The zero-order valence-electron chi connectivity index (χ0n) is 18.2. The highest BCUT2D eigenvalue weighted by Crippen LogP contribution is 2.39. The lowest BCUT2D eigenvalue weighted by Gasteiger charge is -2.26. The van der Waals surface area contributed by atoms with E-state index >= 15 is 0 Å². The van der Waals surface area contributed by atoms with Crippen LogP contribution in [0.5, 0.6) is 11.5 Å². The molecule has 0 unspecified atom stereocenters. The largest absolute Gasteiger partial charge is 0.493 e. The lowest BCUT2D eigenvalue weighted by atomic mass is 10.1. The molecular formula is C22H25BrN2O6S2. The van der Waals surface area contributed by atoms with E-state index in [1.807, 2.05) is 4.90 Å². The molecule has 11 heteroatoms. The summed E-state index contributed by atoms with van der Waals surface area (Å²) < 4.78 is 12.2. The number of likely N-dealkylation sites (tertiary alicyclic amines) is 1. The second-order valence-corrected chi connectivity index (χ2v) is 10.1. The Balaban J connectivity index is 1.70. The number of halogens is 1. The number of aliphatic carboxylic acids is 1. The standard InChI is InChI=1S/C22H25BrN2O6S2/c1-30-16-11-14(12-17-21(29)25(22(32)33-17)9-5-6-19(27)28)10-15(23)20(16)31-13-18(26)24-7-3-2-4-8-24/h10-12H,2-9,13H2,1H3,(H,27,28)/b17-12+. The highest BCUT2D eigenvalue weighted by atomic mass is 79.9. The minimum absolute atomic E-state index is 0.0258. The van der Waals surface area contributed by atoms with Crippen LogP contribution in [0.1, 0.15) is 37.7 Å². The van der Waals surface area contributed by atoms with Gasteiger partial charge in [0.1, 0.15) is 4.32 Å². The van der Waals surface area contributed by atoms with Crippen LogP contribution in [0, 0.1) is 0 Å². The smallest absolute Gasteiger partial charge is 0.303 e. The van der Waals surface area contributed by atoms with Crippen LogP contribution < -0.4 is 9.47 Å². The molecule has 0 aliphatic carbocycles. The van der Waals surface area contributed by atoms with Crippen LogP contribution in [-0.2, 0) is 14.4 Å². The van der Waals surface area contributed by atoms with Crippen LogP contribution in [0.15, 0.2) is 21.5 Å². The molecule has 1 N–H and O–H groups in total. The zero-order valence-corrected chi connectivity index (χ0v) is 21.4. The topological polar surface area (TPSA) is 96.4 Å². The molecule has 0 atom stereocenters. The number of hydrogen-bond acceptors (Lipinski definition) is 7. The summed E-state index contributed by atoms with van der Waals surface area (Å²) in [6.07, 6.45) is 5.18. The number of carboxylic acid groups (broad SMARTS) is 1. The Kier molecular flexibility index (Phi) is 9.16. The molecule has 33 heavy (non-hydrogen) atoms. The quantitative estimate of drug-likeness (QED) is 0.361. The number of amides is 2. The Labute approximate surface area is 210 Å². The fourth-order valence-corrected chi connectivity index (χ4v) is 5.45. The highest BCUT2D eigenvalue weighted by molar-refractivity contribution is 9.10. The molecule has 0 aromatic heterocycles. The minimum atomic E-state index is -0.909. The second-order valence-electron chi connectivity index (χ2n) is 7.59. The van der Waals surface area contributed by atoms with Crippen LogP contribution in [0.2, 0.25) is 0 Å². The summed E-state index contributed by atoms with van der Waals surface area (Å²) in [4.78, 5) is 39.6. The number of carbonyl (C=O) groups excluding carboxylic acids is 2. The molecule has 2 fully saturated rings. The van der Waals surface area contributed by atoms with Crippen LogP contribution in [0.3, 0.4) is 0 Å². The van der Waals surface area contributed by atoms with Crippen LogP contribution in [-0.4, -0.2) is 70.4 Å². The van der Waals surface area contributed by atoms with E-state index in [0.717, 1.165) is 32.4 Å². The number of carboxylic acids is 1. The van der Waals surface area contributed by atoms with Crippen molar-refractivity contribution in [2.75, 3.05) is 33.4 Å². The van der Waals surface area contributed by atoms with Gasteiger partial charge in [-0.15, -0.1) is 0 Å². The van der Waals surface area contributed by atoms with Crippen molar-refractivity contribution in [1.29, 1.82) is 0 Å². The van der Waals surface area contributed by atoms with E-state index in [2.05, 4.69) is 15.9 Å². The molecule has 178 valence electrons. The average Bonchev–Trinajstić information content (AvgIpc) is 3.05. The van der Waals surface area contributed by atoms with Crippen molar-refractivity contribution in [3.63, 3.8) is 0 Å². The van der Waals surface area contributed by atoms with Gasteiger partial charge >= 0.3 is 5.97 Å². The van der Waals surface area contributed by atoms with Crippen molar-refractivity contribution < 1.29 is 29.0 Å². The Bertz CT molecular complexity index is 978. The molecule has 2 saturated heterocycles. The van der Waals surface area contributed by atoms with E-state index in [1.165, 1.54) is 23.8 Å². The molecule has 0 saturated carbocycles. The maximum Gasteiger partial charge on any atom is 0.303 e. The van der Waals surface area contributed by atoms with E-state index in [4.69, 9.17) is 26.8 Å². The van der Waals surface area contributed by atoms with E-state index in [0.29, 0.717) is 37.2 Å². The molecule has 8 nitrogen and oxygen atoms in total. The summed E-state index contributed by atoms with van der Waals surface area (Å²) in [7, 11) is 1.51. The van der Waals surface area contributed by atoms with Gasteiger partial charge in [-0.25, -0.2) is 0 Å². The SMILES string of the molecule is COc1cc(/C=C2/SC(=S)N(CCCC(=O)O)C2=O)cc(Br)c1OCC(=O)N1CCCCC1. The Hall–Kier alpha value is -2.11. The third kappa shape index (κ3) is 6.70. The van der Waals surface area contributed by atoms with Gasteiger partial charge in [0.25, 0.3) is 11.8 Å². The molecule has 0 spiro atoms. The van der Waals surface area contributed by atoms with Crippen molar-refractivity contribution in [3.05, 3.63) is 27.1 Å². The van der Waals surface area contributed by atoms with Crippen LogP contribution >= 0.6 is 39.9 Å². The fourth-order valence-electron chi connectivity index (χ4n) is 3.56. The maximum absolute atomic E-state index is 12.7. The zero-order chi connectivity index (χ0) is 24.0. The van der Waals surface area contributed by atoms with Gasteiger partial charge in [-0.05, 0) is 65.4 Å². The molecule has 1 aromatic carbocycles. The Morgan fingerprint density at radius 2 is 2.00 bits per heavy atom. The molecule has 3 rings (SSSR count). The van der Waals surface area contributed by atoms with Gasteiger partial charge in [0.2, 0.25) is 0 Å². The number of thiocarbonyl (C=S) groups is 1. The van der Waals surface area contributed by atoms with Gasteiger partial charge in [0.05, 0.1) is 16.5 Å². The van der Waals surface area contributed by atoms with Crippen molar-refractivity contribution in [1.82, 2.24) is 9.80 Å². The maximum atomic E-state index is 12.7. The molecule has 1 aromatic rings. The number of carbonyl (C=O) groups is 3. The number of piperidine rings is 1. The van der Waals surface area contributed by atoms with E-state index in [1.54, 1.807) is 18.2 Å². The van der Waals surface area contributed by atoms with Gasteiger partial charge in [-0.3, -0.25) is 19.3 Å². The number of thioether (sulfide) groups is 1. The lowest BCUT2D eigenvalue weighted by Crippen LogP contribution is -2.38. The minimum Gasteiger partial charge on any atom is -0.493 e. The molecule has 0 radical (unpaired) electrons. The first-order valence-corrected chi connectivity index (χ1v) is 12.6. The molecule has 2 heterocycles. The van der Waals surface area contributed by atoms with Crippen molar-refractivity contribution in [2.45, 2.75) is 32.1 Å². The predicted molar refractivity (Wildman–Crippen MR) is 133 cm³/mol. The van der Waals surface area contributed by atoms with Gasteiger partial charge in [-0.1, -0.05) is 24.0 Å². The van der Waals surface area contributed by atoms with Crippen molar-refractivity contribution >= 4 is 68.1 Å². The summed E-state index contributed by atoms with van der Waals surface area (Å²) in [5, 5.41) is 8.80. The summed E-state index contributed by atoms with van der Waals surface area (Å²) >= 11 is 9.94. The van der Waals surface area contributed by atoms with Crippen LogP contribution in [0.25, 0.3) is 6.08 Å². The number of methoxy groups -OCH3 is 1. The molecular weight excluding hydrogens is 532 g/mol. The number of benzene rings is 1. The summed E-state index contributed by atoms with van der Waals surface area (Å²) in [6.45, 7) is 1.70. The second kappa shape index (κ2) is 11.8. The van der Waals surface area contributed by atoms with E-state index in [9.17, 15) is 14.4 Å². The van der Waals surface area contributed by atoms with Gasteiger partial charge in [0, 0.05) is 26.1 Å². The van der Waals surface area contributed by atoms with Gasteiger partial charge in [-0.2, -0.15) is 0 Å². The third-order valence-corrected chi connectivity index (χ3v) is 7.21. The van der Waals surface area contributed by atoms with Gasteiger partial charge in [0.15, 0.2) is 18.1 Å².